The number of aromatic nitrogens is 2. The molecular weight excluding hydrogens is 312 g/mol. The van der Waals surface area contributed by atoms with Crippen molar-refractivity contribution in [1.82, 2.24) is 10.1 Å². The summed E-state index contributed by atoms with van der Waals surface area (Å²) in [6.07, 6.45) is 1.15. The molecule has 1 unspecified atom stereocenters. The molecule has 5 heteroatoms. The van der Waals surface area contributed by atoms with Crippen LogP contribution < -0.4 is 0 Å². The summed E-state index contributed by atoms with van der Waals surface area (Å²) in [5.41, 5.74) is 0.974. The van der Waals surface area contributed by atoms with Gasteiger partial charge in [-0.25, -0.2) is 0 Å². The Morgan fingerprint density at radius 2 is 2.06 bits per heavy atom. The van der Waals surface area contributed by atoms with Gasteiger partial charge in [0, 0.05) is 15.3 Å². The van der Waals surface area contributed by atoms with E-state index in [0.717, 1.165) is 22.2 Å². The van der Waals surface area contributed by atoms with E-state index in [1.165, 1.54) is 0 Å². The molecule has 0 fully saturated rings. The molecule has 0 saturated carbocycles. The van der Waals surface area contributed by atoms with Crippen LogP contribution in [0.15, 0.2) is 33.3 Å². The lowest BCUT2D eigenvalue weighted by atomic mass is 10.2. The Hall–Kier alpha value is -0.810. The first-order valence-corrected chi connectivity index (χ1v) is 7.73. The Bertz CT molecular complexity index is 498. The zero-order valence-electron chi connectivity index (χ0n) is 10.4. The maximum Gasteiger partial charge on any atom is 0.236 e. The summed E-state index contributed by atoms with van der Waals surface area (Å²) in [6, 6.07) is 7.89. The fourth-order valence-corrected chi connectivity index (χ4v) is 2.41. The summed E-state index contributed by atoms with van der Waals surface area (Å²) >= 11 is 5.24. The van der Waals surface area contributed by atoms with Crippen molar-refractivity contribution in [2.24, 2.45) is 0 Å². The van der Waals surface area contributed by atoms with Gasteiger partial charge in [0.1, 0.15) is 0 Å². The maximum absolute atomic E-state index is 5.25. The van der Waals surface area contributed by atoms with Crippen molar-refractivity contribution in [2.45, 2.75) is 31.3 Å². The lowest BCUT2D eigenvalue weighted by Gasteiger charge is -2.03. The third-order valence-corrected chi connectivity index (χ3v) is 4.48. The molecule has 3 nitrogen and oxygen atoms in total. The average Bonchev–Trinajstić information content (AvgIpc) is 2.85. The first kappa shape index (κ1) is 13.6. The van der Waals surface area contributed by atoms with Gasteiger partial charge in [-0.1, -0.05) is 34.9 Å². The van der Waals surface area contributed by atoms with E-state index in [0.29, 0.717) is 17.0 Å². The number of hydrogen-bond acceptors (Lipinski definition) is 4. The van der Waals surface area contributed by atoms with Crippen LogP contribution in [0.5, 0.6) is 0 Å². The van der Waals surface area contributed by atoms with Crippen LogP contribution in [0, 0.1) is 0 Å². The summed E-state index contributed by atoms with van der Waals surface area (Å²) < 4.78 is 6.29. The minimum absolute atomic E-state index is 0.619. The molecule has 0 aliphatic carbocycles. The van der Waals surface area contributed by atoms with E-state index in [-0.39, 0.29) is 0 Å². The van der Waals surface area contributed by atoms with Gasteiger partial charge in [0.2, 0.25) is 11.7 Å². The fourth-order valence-electron chi connectivity index (χ4n) is 1.36. The second-order valence-corrected chi connectivity index (χ2v) is 6.39. The van der Waals surface area contributed by atoms with Crippen molar-refractivity contribution in [1.29, 1.82) is 0 Å². The predicted molar refractivity (Wildman–Crippen MR) is 78.5 cm³/mol. The summed E-state index contributed by atoms with van der Waals surface area (Å²) in [7, 11) is 0. The van der Waals surface area contributed by atoms with Crippen molar-refractivity contribution < 1.29 is 4.52 Å². The van der Waals surface area contributed by atoms with Crippen LogP contribution in [0.2, 0.25) is 0 Å². The van der Waals surface area contributed by atoms with E-state index in [4.69, 9.17) is 4.52 Å². The van der Waals surface area contributed by atoms with Crippen LogP contribution in [0.3, 0.4) is 0 Å². The van der Waals surface area contributed by atoms with Gasteiger partial charge in [0.15, 0.2) is 0 Å². The van der Waals surface area contributed by atoms with E-state index in [2.05, 4.69) is 39.9 Å². The Morgan fingerprint density at radius 1 is 1.33 bits per heavy atom. The first-order valence-electron chi connectivity index (χ1n) is 5.89. The van der Waals surface area contributed by atoms with Crippen molar-refractivity contribution in [3.05, 3.63) is 34.6 Å². The largest absolute Gasteiger partial charge is 0.338 e. The van der Waals surface area contributed by atoms with Crippen molar-refractivity contribution >= 4 is 27.7 Å². The lowest BCUT2D eigenvalue weighted by Crippen LogP contribution is -1.93. The number of thioether (sulfide) groups is 1. The van der Waals surface area contributed by atoms with Gasteiger partial charge in [-0.05, 0) is 30.7 Å². The minimum Gasteiger partial charge on any atom is -0.338 e. The van der Waals surface area contributed by atoms with Crippen LogP contribution in [-0.4, -0.2) is 15.4 Å². The summed E-state index contributed by atoms with van der Waals surface area (Å²) in [5, 5.41) is 4.62. The first-order chi connectivity index (χ1) is 8.69. The maximum atomic E-state index is 5.25. The van der Waals surface area contributed by atoms with Crippen molar-refractivity contribution in [2.75, 3.05) is 0 Å². The molecule has 0 radical (unpaired) electrons. The Labute approximate surface area is 119 Å². The van der Waals surface area contributed by atoms with Crippen molar-refractivity contribution in [3.8, 4) is 11.4 Å². The lowest BCUT2D eigenvalue weighted by molar-refractivity contribution is 0.391. The average molecular weight is 327 g/mol. The second-order valence-electron chi connectivity index (χ2n) is 4.05. The molecule has 0 N–H and O–H groups in total. The molecule has 1 heterocycles. The quantitative estimate of drug-likeness (QED) is 0.809. The van der Waals surface area contributed by atoms with Crippen LogP contribution >= 0.6 is 27.7 Å². The SMILES string of the molecule is CCC(C)SCc1nc(-c2ccc(Br)cc2)no1. The van der Waals surface area contributed by atoms with Crippen LogP contribution in [0.4, 0.5) is 0 Å². The molecule has 2 aromatic rings. The second kappa shape index (κ2) is 6.38. The topological polar surface area (TPSA) is 38.9 Å². The van der Waals surface area contributed by atoms with Gasteiger partial charge >= 0.3 is 0 Å². The minimum atomic E-state index is 0.619. The predicted octanol–water partition coefficient (Wildman–Crippen LogP) is 4.53. The highest BCUT2D eigenvalue weighted by molar-refractivity contribution is 9.10. The normalized spacial score (nSPS) is 12.6. The smallest absolute Gasteiger partial charge is 0.236 e. The Balaban J connectivity index is 2.03. The van der Waals surface area contributed by atoms with E-state index in [1.54, 1.807) is 0 Å². The number of rotatable bonds is 5. The zero-order valence-corrected chi connectivity index (χ0v) is 12.8. The zero-order chi connectivity index (χ0) is 13.0. The third kappa shape index (κ3) is 3.59. The van der Waals surface area contributed by atoms with E-state index >= 15 is 0 Å². The highest BCUT2D eigenvalue weighted by Crippen LogP contribution is 2.22. The highest BCUT2D eigenvalue weighted by Gasteiger charge is 2.09. The summed E-state index contributed by atoms with van der Waals surface area (Å²) in [4.78, 5) is 4.40. The van der Waals surface area contributed by atoms with Gasteiger partial charge in [-0.15, -0.1) is 11.8 Å². The van der Waals surface area contributed by atoms with Gasteiger partial charge in [0.25, 0.3) is 0 Å². The third-order valence-electron chi connectivity index (χ3n) is 2.64. The van der Waals surface area contributed by atoms with E-state index in [1.807, 2.05) is 36.0 Å². The standard InChI is InChI=1S/C13H15BrN2OS/c1-3-9(2)18-8-12-15-13(16-17-12)10-4-6-11(14)7-5-10/h4-7,9H,3,8H2,1-2H3. The molecule has 0 aliphatic heterocycles. The summed E-state index contributed by atoms with van der Waals surface area (Å²) in [6.45, 7) is 4.38. The highest BCUT2D eigenvalue weighted by atomic mass is 79.9. The van der Waals surface area contributed by atoms with Crippen molar-refractivity contribution in [3.63, 3.8) is 0 Å². The molecule has 18 heavy (non-hydrogen) atoms. The number of nitrogens with zero attached hydrogens (tertiary/aromatic N) is 2. The molecule has 0 amide bonds. The summed E-state index contributed by atoms with van der Waals surface area (Å²) in [5.74, 6) is 2.12. The molecule has 0 aliphatic rings. The number of hydrogen-bond donors (Lipinski definition) is 0. The molecule has 2 rings (SSSR count). The number of halogens is 1. The Kier molecular flexibility index (Phi) is 4.83. The van der Waals surface area contributed by atoms with Gasteiger partial charge < -0.3 is 4.52 Å². The van der Waals surface area contributed by atoms with Gasteiger partial charge in [-0.2, -0.15) is 4.98 Å². The van der Waals surface area contributed by atoms with Gasteiger partial charge in [-0.3, -0.25) is 0 Å². The molecule has 1 aromatic heterocycles. The molecule has 0 bridgehead atoms. The molecule has 0 spiro atoms. The van der Waals surface area contributed by atoms with Gasteiger partial charge in [0.05, 0.1) is 5.75 Å². The molecule has 0 saturated heterocycles. The molecule has 96 valence electrons. The van der Waals surface area contributed by atoms with Crippen LogP contribution in [-0.2, 0) is 5.75 Å². The van der Waals surface area contributed by atoms with E-state index < -0.39 is 0 Å². The van der Waals surface area contributed by atoms with E-state index in [9.17, 15) is 0 Å². The van der Waals surface area contributed by atoms with Crippen LogP contribution in [0.1, 0.15) is 26.2 Å². The molecule has 1 aromatic carbocycles. The van der Waals surface area contributed by atoms with Crippen LogP contribution in [0.25, 0.3) is 11.4 Å². The molecule has 1 atom stereocenters. The monoisotopic (exact) mass is 326 g/mol. The number of benzene rings is 1. The molecular formula is C13H15BrN2OS. The Morgan fingerprint density at radius 3 is 2.72 bits per heavy atom. The fraction of sp³-hybridized carbons (Fsp3) is 0.385.